The molecule has 22 heavy (non-hydrogen) atoms. The van der Waals surface area contributed by atoms with Gasteiger partial charge in [-0.15, -0.1) is 12.4 Å². The molecule has 1 aromatic heterocycles. The Balaban J connectivity index is 0.00000242. The quantitative estimate of drug-likeness (QED) is 0.781. The molecule has 2 rings (SSSR count). The van der Waals surface area contributed by atoms with Crippen LogP contribution in [0, 0.1) is 12.8 Å². The summed E-state index contributed by atoms with van der Waals surface area (Å²) in [6.45, 7) is 2.32. The number of nitrogens with one attached hydrogen (secondary N) is 1. The van der Waals surface area contributed by atoms with E-state index in [1.807, 2.05) is 0 Å². The predicted molar refractivity (Wildman–Crippen MR) is 83.5 cm³/mol. The third-order valence-corrected chi connectivity index (χ3v) is 3.85. The number of carbonyl (C=O) groups excluding carboxylic acids is 1. The number of nitrogens with zero attached hydrogens (tertiary/aromatic N) is 2. The number of nitrogens with two attached hydrogens (primary N) is 1. The lowest BCUT2D eigenvalue weighted by Crippen LogP contribution is -2.47. The van der Waals surface area contributed by atoms with Crippen molar-refractivity contribution >= 4 is 18.3 Å². The van der Waals surface area contributed by atoms with Crippen molar-refractivity contribution in [2.45, 2.75) is 51.7 Å². The topological polar surface area (TPSA) is 103 Å². The fourth-order valence-electron chi connectivity index (χ4n) is 2.78. The van der Waals surface area contributed by atoms with Crippen molar-refractivity contribution in [1.82, 2.24) is 15.5 Å². The molecule has 1 aromatic rings. The second-order valence-corrected chi connectivity index (χ2v) is 5.54. The SMILES string of the molecule is Cc1noc(COCC(=O)NC(CN)C2CCCCC2)n1.Cl. The zero-order valence-corrected chi connectivity index (χ0v) is 13.7. The summed E-state index contributed by atoms with van der Waals surface area (Å²) in [6.07, 6.45) is 6.02. The van der Waals surface area contributed by atoms with Crippen molar-refractivity contribution in [3.8, 4) is 0 Å². The van der Waals surface area contributed by atoms with Gasteiger partial charge in [0.1, 0.15) is 13.2 Å². The van der Waals surface area contributed by atoms with Crippen molar-refractivity contribution in [3.05, 3.63) is 11.7 Å². The van der Waals surface area contributed by atoms with Crippen LogP contribution < -0.4 is 11.1 Å². The van der Waals surface area contributed by atoms with E-state index >= 15 is 0 Å². The second-order valence-electron chi connectivity index (χ2n) is 5.54. The zero-order chi connectivity index (χ0) is 15.1. The molecule has 1 amide bonds. The summed E-state index contributed by atoms with van der Waals surface area (Å²) in [4.78, 5) is 15.9. The Morgan fingerprint density at radius 3 is 2.77 bits per heavy atom. The molecule has 1 unspecified atom stereocenters. The summed E-state index contributed by atoms with van der Waals surface area (Å²) in [6, 6.07) is 0.0482. The van der Waals surface area contributed by atoms with Gasteiger partial charge in [0.05, 0.1) is 0 Å². The summed E-state index contributed by atoms with van der Waals surface area (Å²) in [5.41, 5.74) is 5.79. The van der Waals surface area contributed by atoms with Gasteiger partial charge in [0, 0.05) is 12.6 Å². The highest BCUT2D eigenvalue weighted by Gasteiger charge is 2.23. The molecule has 0 spiro atoms. The predicted octanol–water partition coefficient (Wildman–Crippen LogP) is 1.34. The summed E-state index contributed by atoms with van der Waals surface area (Å²) in [7, 11) is 0. The number of hydrogen-bond donors (Lipinski definition) is 2. The minimum atomic E-state index is -0.146. The lowest BCUT2D eigenvalue weighted by atomic mass is 9.84. The van der Waals surface area contributed by atoms with Crippen molar-refractivity contribution in [2.24, 2.45) is 11.7 Å². The Kier molecular flexibility index (Phi) is 8.37. The molecule has 0 aliphatic heterocycles. The fourth-order valence-corrected chi connectivity index (χ4v) is 2.78. The van der Waals surface area contributed by atoms with Gasteiger partial charge in [-0.2, -0.15) is 4.98 Å². The van der Waals surface area contributed by atoms with E-state index in [1.165, 1.54) is 19.3 Å². The Hall–Kier alpha value is -1.18. The molecule has 1 atom stereocenters. The lowest BCUT2D eigenvalue weighted by Gasteiger charge is -2.30. The first kappa shape index (κ1) is 18.9. The fraction of sp³-hybridized carbons (Fsp3) is 0.786. The highest BCUT2D eigenvalue weighted by atomic mass is 35.5. The molecule has 8 heteroatoms. The molecule has 0 radical (unpaired) electrons. The highest BCUT2D eigenvalue weighted by Crippen LogP contribution is 2.26. The summed E-state index contributed by atoms with van der Waals surface area (Å²) >= 11 is 0. The van der Waals surface area contributed by atoms with Crippen LogP contribution in [0.2, 0.25) is 0 Å². The molecule has 3 N–H and O–H groups in total. The Morgan fingerprint density at radius 1 is 1.45 bits per heavy atom. The van der Waals surface area contributed by atoms with Gasteiger partial charge in [0.15, 0.2) is 5.82 Å². The standard InChI is InChI=1S/C14H24N4O3.ClH/c1-10-16-14(21-18-10)9-20-8-13(19)17-12(7-15)11-5-3-2-4-6-11;/h11-12H,2-9,15H2,1H3,(H,17,19);1H. The van der Waals surface area contributed by atoms with Crippen LogP contribution in [0.5, 0.6) is 0 Å². The van der Waals surface area contributed by atoms with Gasteiger partial charge in [0.25, 0.3) is 5.89 Å². The minimum absolute atomic E-state index is 0. The Bertz CT molecular complexity index is 449. The molecule has 1 aliphatic rings. The molecule has 0 saturated heterocycles. The van der Waals surface area contributed by atoms with E-state index in [0.717, 1.165) is 12.8 Å². The number of ether oxygens (including phenoxy) is 1. The number of aryl methyl sites for hydroxylation is 1. The molecule has 0 bridgehead atoms. The number of hydrogen-bond acceptors (Lipinski definition) is 6. The number of carbonyl (C=O) groups is 1. The van der Waals surface area contributed by atoms with E-state index in [4.69, 9.17) is 15.0 Å². The van der Waals surface area contributed by atoms with Gasteiger partial charge < -0.3 is 20.3 Å². The van der Waals surface area contributed by atoms with Crippen LogP contribution in [0.1, 0.15) is 43.8 Å². The smallest absolute Gasteiger partial charge is 0.252 e. The number of aromatic nitrogens is 2. The average molecular weight is 333 g/mol. The maximum atomic E-state index is 11.9. The van der Waals surface area contributed by atoms with Crippen molar-refractivity contribution < 1.29 is 14.1 Å². The average Bonchev–Trinajstić information content (AvgIpc) is 2.91. The number of halogens is 1. The summed E-state index contributed by atoms with van der Waals surface area (Å²) < 4.78 is 10.2. The zero-order valence-electron chi connectivity index (χ0n) is 12.9. The van der Waals surface area contributed by atoms with E-state index in [1.54, 1.807) is 6.92 Å². The first-order valence-electron chi connectivity index (χ1n) is 7.55. The molecule has 0 aromatic carbocycles. The van der Waals surface area contributed by atoms with Crippen LogP contribution in [0.3, 0.4) is 0 Å². The molecule has 126 valence electrons. The van der Waals surface area contributed by atoms with Crippen LogP contribution >= 0.6 is 12.4 Å². The monoisotopic (exact) mass is 332 g/mol. The third-order valence-electron chi connectivity index (χ3n) is 3.85. The van der Waals surface area contributed by atoms with Crippen molar-refractivity contribution in [1.29, 1.82) is 0 Å². The van der Waals surface area contributed by atoms with Crippen LogP contribution in [0.25, 0.3) is 0 Å². The molecule has 7 nitrogen and oxygen atoms in total. The second kappa shape index (κ2) is 9.76. The van der Waals surface area contributed by atoms with Gasteiger partial charge in [-0.25, -0.2) is 0 Å². The molecule has 1 heterocycles. The largest absolute Gasteiger partial charge is 0.362 e. The normalized spacial score (nSPS) is 16.8. The first-order chi connectivity index (χ1) is 10.2. The molecular formula is C14H25ClN4O3. The van der Waals surface area contributed by atoms with Crippen LogP contribution in [0.4, 0.5) is 0 Å². The van der Waals surface area contributed by atoms with Crippen molar-refractivity contribution in [3.63, 3.8) is 0 Å². The number of rotatable bonds is 7. The van der Waals surface area contributed by atoms with E-state index in [9.17, 15) is 4.79 Å². The van der Waals surface area contributed by atoms with Crippen LogP contribution in [-0.4, -0.2) is 35.2 Å². The van der Waals surface area contributed by atoms with Gasteiger partial charge >= 0.3 is 0 Å². The molecular weight excluding hydrogens is 308 g/mol. The lowest BCUT2D eigenvalue weighted by molar-refractivity contribution is -0.127. The number of amides is 1. The van der Waals surface area contributed by atoms with Gasteiger partial charge in [0.2, 0.25) is 5.91 Å². The van der Waals surface area contributed by atoms with Gasteiger partial charge in [-0.3, -0.25) is 4.79 Å². The van der Waals surface area contributed by atoms with Crippen molar-refractivity contribution in [2.75, 3.05) is 13.2 Å². The maximum absolute atomic E-state index is 11.9. The van der Waals surface area contributed by atoms with Crippen LogP contribution in [-0.2, 0) is 16.1 Å². The molecule has 1 saturated carbocycles. The summed E-state index contributed by atoms with van der Waals surface area (Å²) in [5, 5.41) is 6.63. The van der Waals surface area contributed by atoms with Gasteiger partial charge in [-0.1, -0.05) is 24.4 Å². The van der Waals surface area contributed by atoms with Crippen LogP contribution in [0.15, 0.2) is 4.52 Å². The molecule has 1 fully saturated rings. The Morgan fingerprint density at radius 2 is 2.18 bits per heavy atom. The summed E-state index contributed by atoms with van der Waals surface area (Å²) in [5.74, 6) is 1.28. The van der Waals surface area contributed by atoms with E-state index in [2.05, 4.69) is 15.5 Å². The van der Waals surface area contributed by atoms with E-state index < -0.39 is 0 Å². The third kappa shape index (κ3) is 5.90. The highest BCUT2D eigenvalue weighted by molar-refractivity contribution is 5.85. The van der Waals surface area contributed by atoms with E-state index in [-0.39, 0.29) is 37.6 Å². The minimum Gasteiger partial charge on any atom is -0.362 e. The van der Waals surface area contributed by atoms with Gasteiger partial charge in [-0.05, 0) is 25.7 Å². The maximum Gasteiger partial charge on any atom is 0.252 e. The Labute approximate surface area is 136 Å². The first-order valence-corrected chi connectivity index (χ1v) is 7.55. The molecule has 1 aliphatic carbocycles. The van der Waals surface area contributed by atoms with E-state index in [0.29, 0.717) is 24.2 Å².